The summed E-state index contributed by atoms with van der Waals surface area (Å²) in [6.07, 6.45) is 1.66. The van der Waals surface area contributed by atoms with Crippen molar-refractivity contribution in [3.05, 3.63) is 78.2 Å². The molecule has 0 aromatic heterocycles. The summed E-state index contributed by atoms with van der Waals surface area (Å²) in [5.74, 6) is -0.745. The highest BCUT2D eigenvalue weighted by atomic mass is 128. The van der Waals surface area contributed by atoms with Gasteiger partial charge in [0.25, 0.3) is 5.91 Å². The van der Waals surface area contributed by atoms with Crippen molar-refractivity contribution in [1.29, 1.82) is 0 Å². The lowest BCUT2D eigenvalue weighted by Crippen LogP contribution is -2.40. The van der Waals surface area contributed by atoms with Crippen molar-refractivity contribution in [3.8, 4) is 0 Å². The second-order valence-corrected chi connectivity index (χ2v) is 6.34. The molecule has 252 valence electrons. The number of amides is 1. The maximum atomic E-state index is 11.6. The first kappa shape index (κ1) is 57.1. The predicted molar refractivity (Wildman–Crippen MR) is 210 cm³/mol. The normalized spacial score (nSPS) is 8.79. The number of rotatable bonds is 8. The number of hydrogen-bond donors (Lipinski definition) is 2. The van der Waals surface area contributed by atoms with Crippen molar-refractivity contribution in [2.45, 2.75) is 54.4 Å². The number of quaternary nitrogens is 1. The van der Waals surface area contributed by atoms with Crippen LogP contribution in [0.25, 0.3) is 0 Å². The van der Waals surface area contributed by atoms with Crippen LogP contribution < -0.4 is 11.1 Å². The molecule has 0 unspecified atom stereocenters. The first-order valence-electron chi connectivity index (χ1n) is 13.0. The monoisotopic (exact) mass is 948 g/mol. The average molecular weight is 949 g/mol. The van der Waals surface area contributed by atoms with Gasteiger partial charge in [-0.2, -0.15) is 0 Å². The van der Waals surface area contributed by atoms with E-state index in [2.05, 4.69) is 68.2 Å². The fraction of sp³-hybridized carbons (Fsp3) is 0.433. The largest absolute Gasteiger partial charge is 0.464 e. The Balaban J connectivity index is -0.0000000924. The summed E-state index contributed by atoms with van der Waals surface area (Å²) in [5.41, 5.74) is 7.42. The van der Waals surface area contributed by atoms with Crippen LogP contribution in [0.3, 0.4) is 0 Å². The quantitative estimate of drug-likeness (QED) is 0.109. The van der Waals surface area contributed by atoms with Gasteiger partial charge in [0, 0.05) is 55.4 Å². The Morgan fingerprint density at radius 1 is 0.767 bits per heavy atom. The van der Waals surface area contributed by atoms with E-state index in [0.29, 0.717) is 5.71 Å². The molecule has 2 aromatic rings. The summed E-state index contributed by atoms with van der Waals surface area (Å²) < 4.78 is 4.67. The maximum absolute atomic E-state index is 11.6. The van der Waals surface area contributed by atoms with E-state index in [4.69, 9.17) is 4.84 Å². The molecule has 0 spiro atoms. The van der Waals surface area contributed by atoms with Crippen LogP contribution in [0.1, 0.15) is 63.8 Å². The lowest BCUT2D eigenvalue weighted by molar-refractivity contribution is -0.325. The number of ether oxygens (including phenoxy) is 1. The molecule has 0 aliphatic rings. The minimum Gasteiger partial charge on any atom is -0.464 e. The molecule has 0 saturated carbocycles. The molecule has 0 bridgehead atoms. The van der Waals surface area contributed by atoms with Gasteiger partial charge in [-0.3, -0.25) is 4.79 Å². The summed E-state index contributed by atoms with van der Waals surface area (Å²) in [6, 6.07) is 15.2. The molecule has 0 atom stereocenters. The molecule has 13 heteroatoms. The van der Waals surface area contributed by atoms with Gasteiger partial charge in [-0.1, -0.05) is 100 Å². The number of nitrogens with one attached hydrogen (secondary N) is 1. The van der Waals surface area contributed by atoms with E-state index in [1.54, 1.807) is 14.1 Å². The Kier molecular flexibility index (Phi) is 56.5. The molecular weight excluding hydrogens is 893 g/mol. The van der Waals surface area contributed by atoms with E-state index in [-0.39, 0.29) is 48.5 Å². The molecule has 0 radical (unpaired) electrons. The smallest absolute Gasteiger partial charge is 0.360 e. The number of halogens is 3. The third kappa shape index (κ3) is 23.5. The van der Waals surface area contributed by atoms with Gasteiger partial charge in [0.1, 0.15) is 14.2 Å². The third-order valence-corrected chi connectivity index (χ3v) is 4.49. The topological polar surface area (TPSA) is 158 Å². The summed E-state index contributed by atoms with van der Waals surface area (Å²) in [5, 5.41) is 10.0. The number of aryl methyl sites for hydroxylation is 2. The Morgan fingerprint density at radius 2 is 1.09 bits per heavy atom. The van der Waals surface area contributed by atoms with Gasteiger partial charge in [-0.25, -0.2) is 4.79 Å². The highest BCUT2D eigenvalue weighted by molar-refractivity contribution is 15.0. The van der Waals surface area contributed by atoms with Crippen LogP contribution in [-0.4, -0.2) is 64.2 Å². The Hall–Kier alpha value is -1.57. The number of hydrogen-bond acceptors (Lipinski definition) is 7. The predicted octanol–water partition coefficient (Wildman–Crippen LogP) is 6.04. The van der Waals surface area contributed by atoms with E-state index in [1.165, 1.54) is 21.3 Å². The van der Waals surface area contributed by atoms with Crippen LogP contribution in [0, 0.1) is 7.43 Å². The molecule has 2 aromatic carbocycles. The van der Waals surface area contributed by atoms with Crippen LogP contribution in [0.4, 0.5) is 0 Å². The first-order chi connectivity index (χ1) is 19.5. The van der Waals surface area contributed by atoms with Gasteiger partial charge in [0.15, 0.2) is 11.4 Å². The number of methoxy groups -OCH3 is 1. The van der Waals surface area contributed by atoms with Crippen molar-refractivity contribution < 1.29 is 35.2 Å². The zero-order valence-corrected chi connectivity index (χ0v) is 34.5. The second-order valence-electron chi connectivity index (χ2n) is 6.34. The number of oxime groups is 2. The molecular formula is C30H55I3N4O6. The number of carbonyl (C=O) groups excluding carboxylic acids is 2. The van der Waals surface area contributed by atoms with Crippen molar-refractivity contribution in [2.75, 3.05) is 35.4 Å². The standard InChI is InChI=1S/C12H16N2O2.C12H15NO3.2C2H6.CH5N.CH3.I2.HI.H2O/c1-4-9-7-5-6-8-10(9)11(14-16-3)12(15)13-2;1-4-9-7-5-6-8-10(9)11(13-16-3)12(14)15-2;3*1-2;;1-2;;/h5-8H,4H2,1-3H3,(H,13,15);5-8H,4H2,1-3H3;2*1-2H3;2H2,1H3;1H3;;1H;1H2/q;;;;;-1;;;/p+1/b14-11+;13-11+;;;;;;;. The van der Waals surface area contributed by atoms with Crippen LogP contribution >= 0.6 is 61.2 Å². The second kappa shape index (κ2) is 42.6. The fourth-order valence-corrected chi connectivity index (χ4v) is 2.93. The van der Waals surface area contributed by atoms with E-state index in [1.807, 2.05) is 90.1 Å². The van der Waals surface area contributed by atoms with E-state index in [0.717, 1.165) is 35.1 Å². The van der Waals surface area contributed by atoms with Gasteiger partial charge in [0.05, 0.1) is 14.2 Å². The lowest BCUT2D eigenvalue weighted by Gasteiger charge is -2.08. The number of likely N-dealkylation sites (N-methyl/N-ethyl adjacent to an activating group) is 1. The first-order valence-corrected chi connectivity index (χ1v) is 19.3. The van der Waals surface area contributed by atoms with E-state index in [9.17, 15) is 9.59 Å². The average Bonchev–Trinajstić information content (AvgIpc) is 3.05. The van der Waals surface area contributed by atoms with Crippen LogP contribution in [-0.2, 0) is 36.8 Å². The molecule has 1 amide bonds. The summed E-state index contributed by atoms with van der Waals surface area (Å²) in [4.78, 5) is 32.6. The summed E-state index contributed by atoms with van der Waals surface area (Å²) in [7, 11) is 7.47. The Bertz CT molecular complexity index is 901. The van der Waals surface area contributed by atoms with E-state index >= 15 is 0 Å². The molecule has 6 N–H and O–H groups in total. The van der Waals surface area contributed by atoms with Gasteiger partial charge in [-0.15, -0.1) is 24.0 Å². The van der Waals surface area contributed by atoms with Gasteiger partial charge in [-0.05, 0) is 24.0 Å². The minimum absolute atomic E-state index is 0. The molecule has 0 heterocycles. The number of carbonyl (C=O) groups is 2. The van der Waals surface area contributed by atoms with Crippen LogP contribution in [0.2, 0.25) is 0 Å². The lowest BCUT2D eigenvalue weighted by atomic mass is 10.0. The van der Waals surface area contributed by atoms with E-state index < -0.39 is 5.97 Å². The van der Waals surface area contributed by atoms with Crippen molar-refractivity contribution >= 4 is 84.5 Å². The SMILES string of the molecule is CC.CC.CCc1ccccc1/C(=N\OC)C(=O)NC.CCc1ccccc1/C(=N\OC)C(=O)OC.C[NH3+].I.II.O.[CH3-]. The van der Waals surface area contributed by atoms with Crippen LogP contribution in [0.5, 0.6) is 0 Å². The summed E-state index contributed by atoms with van der Waals surface area (Å²) >= 11 is 4.24. The van der Waals surface area contributed by atoms with Gasteiger partial charge < -0.3 is 38.4 Å². The number of esters is 1. The Labute approximate surface area is 301 Å². The van der Waals surface area contributed by atoms with Crippen LogP contribution in [0.15, 0.2) is 58.8 Å². The highest BCUT2D eigenvalue weighted by Gasteiger charge is 2.18. The minimum atomic E-state index is -0.497. The molecule has 0 saturated heterocycles. The molecule has 0 fully saturated rings. The van der Waals surface area contributed by atoms with Crippen molar-refractivity contribution in [2.24, 2.45) is 10.3 Å². The third-order valence-electron chi connectivity index (χ3n) is 4.49. The zero-order valence-electron chi connectivity index (χ0n) is 27.8. The van der Waals surface area contributed by atoms with Gasteiger partial charge in [0.2, 0.25) is 0 Å². The zero-order chi connectivity index (χ0) is 31.9. The highest BCUT2D eigenvalue weighted by Crippen LogP contribution is 2.13. The fourth-order valence-electron chi connectivity index (χ4n) is 2.93. The Morgan fingerprint density at radius 3 is 1.40 bits per heavy atom. The molecule has 2 rings (SSSR count). The molecule has 10 nitrogen and oxygen atoms in total. The number of nitrogens with zero attached hydrogens (tertiary/aromatic N) is 2. The maximum Gasteiger partial charge on any atom is 0.360 e. The molecule has 0 aliphatic heterocycles. The molecule has 43 heavy (non-hydrogen) atoms. The number of benzene rings is 2. The van der Waals surface area contributed by atoms with Crippen molar-refractivity contribution in [3.63, 3.8) is 0 Å². The van der Waals surface area contributed by atoms with Gasteiger partial charge >= 0.3 is 5.97 Å². The van der Waals surface area contributed by atoms with Crippen molar-refractivity contribution in [1.82, 2.24) is 5.32 Å². The molecule has 0 aliphatic carbocycles. The summed E-state index contributed by atoms with van der Waals surface area (Å²) in [6.45, 7) is 12.0.